The Morgan fingerprint density at radius 1 is 1.32 bits per heavy atom. The molecule has 0 atom stereocenters. The van der Waals surface area contributed by atoms with Crippen molar-refractivity contribution in [1.82, 2.24) is 20.8 Å². The first-order valence-corrected chi connectivity index (χ1v) is 5.74. The Labute approximate surface area is 108 Å². The van der Waals surface area contributed by atoms with Crippen molar-refractivity contribution in [2.45, 2.75) is 6.92 Å². The van der Waals surface area contributed by atoms with Crippen LogP contribution < -0.4 is 10.6 Å². The predicted octanol–water partition coefficient (Wildman–Crippen LogP) is 0.568. The SMILES string of the molecule is CC(=O)NCCNC(=O)c1n[nH]c2ccc(F)cc12. The van der Waals surface area contributed by atoms with Gasteiger partial charge in [0.15, 0.2) is 5.69 Å². The highest BCUT2D eigenvalue weighted by molar-refractivity contribution is 6.04. The molecule has 0 saturated carbocycles. The number of halogens is 1. The van der Waals surface area contributed by atoms with Crippen LogP contribution in [0, 0.1) is 5.82 Å². The van der Waals surface area contributed by atoms with Crippen LogP contribution in [0.5, 0.6) is 0 Å². The highest BCUT2D eigenvalue weighted by Gasteiger charge is 2.14. The maximum Gasteiger partial charge on any atom is 0.272 e. The number of hydrogen-bond donors (Lipinski definition) is 3. The molecule has 2 amide bonds. The minimum atomic E-state index is -0.429. The van der Waals surface area contributed by atoms with Crippen molar-refractivity contribution in [2.24, 2.45) is 0 Å². The lowest BCUT2D eigenvalue weighted by Crippen LogP contribution is -2.33. The van der Waals surface area contributed by atoms with E-state index in [-0.39, 0.29) is 18.1 Å². The van der Waals surface area contributed by atoms with E-state index in [0.29, 0.717) is 17.4 Å². The van der Waals surface area contributed by atoms with Crippen LogP contribution in [0.1, 0.15) is 17.4 Å². The summed E-state index contributed by atoms with van der Waals surface area (Å²) in [5.74, 6) is -1.01. The Bertz CT molecular complexity index is 623. The van der Waals surface area contributed by atoms with E-state index in [0.717, 1.165) is 0 Å². The molecule has 7 heteroatoms. The zero-order valence-corrected chi connectivity index (χ0v) is 10.3. The summed E-state index contributed by atoms with van der Waals surface area (Å²) in [6, 6.07) is 4.06. The normalized spacial score (nSPS) is 10.4. The molecule has 1 aromatic carbocycles. The number of benzene rings is 1. The molecular formula is C12H13FN4O2. The van der Waals surface area contributed by atoms with Gasteiger partial charge in [-0.25, -0.2) is 4.39 Å². The molecule has 1 aromatic heterocycles. The van der Waals surface area contributed by atoms with Gasteiger partial charge in [0.1, 0.15) is 5.82 Å². The second-order valence-electron chi connectivity index (χ2n) is 4.00. The molecule has 0 saturated heterocycles. The fraction of sp³-hybridized carbons (Fsp3) is 0.250. The summed E-state index contributed by atoms with van der Waals surface area (Å²) >= 11 is 0. The van der Waals surface area contributed by atoms with E-state index >= 15 is 0 Å². The summed E-state index contributed by atoms with van der Waals surface area (Å²) in [6.07, 6.45) is 0. The smallest absolute Gasteiger partial charge is 0.272 e. The summed E-state index contributed by atoms with van der Waals surface area (Å²) in [5.41, 5.74) is 0.728. The van der Waals surface area contributed by atoms with Crippen molar-refractivity contribution in [2.75, 3.05) is 13.1 Å². The minimum Gasteiger partial charge on any atom is -0.355 e. The monoisotopic (exact) mass is 264 g/mol. The van der Waals surface area contributed by atoms with Gasteiger partial charge in [0.05, 0.1) is 5.52 Å². The second-order valence-corrected chi connectivity index (χ2v) is 4.00. The van der Waals surface area contributed by atoms with E-state index in [2.05, 4.69) is 20.8 Å². The lowest BCUT2D eigenvalue weighted by atomic mass is 10.2. The number of aromatic nitrogens is 2. The van der Waals surface area contributed by atoms with Gasteiger partial charge in [-0.15, -0.1) is 0 Å². The molecule has 0 fully saturated rings. The fourth-order valence-corrected chi connectivity index (χ4v) is 1.66. The van der Waals surface area contributed by atoms with Gasteiger partial charge in [-0.2, -0.15) is 5.10 Å². The van der Waals surface area contributed by atoms with E-state index in [4.69, 9.17) is 0 Å². The number of fused-ring (bicyclic) bond motifs is 1. The third-order valence-corrected chi connectivity index (χ3v) is 2.52. The highest BCUT2D eigenvalue weighted by Crippen LogP contribution is 2.16. The van der Waals surface area contributed by atoms with Crippen molar-refractivity contribution in [1.29, 1.82) is 0 Å². The first kappa shape index (κ1) is 13.0. The van der Waals surface area contributed by atoms with Gasteiger partial charge in [0.25, 0.3) is 5.91 Å². The maximum atomic E-state index is 13.1. The zero-order valence-electron chi connectivity index (χ0n) is 10.3. The number of nitrogens with one attached hydrogen (secondary N) is 3. The third kappa shape index (κ3) is 3.06. The van der Waals surface area contributed by atoms with Crippen molar-refractivity contribution < 1.29 is 14.0 Å². The minimum absolute atomic E-state index is 0.136. The Morgan fingerprint density at radius 2 is 2.05 bits per heavy atom. The molecule has 0 spiro atoms. The average molecular weight is 264 g/mol. The molecular weight excluding hydrogens is 251 g/mol. The molecule has 2 rings (SSSR count). The second kappa shape index (κ2) is 5.47. The summed E-state index contributed by atoms with van der Waals surface area (Å²) < 4.78 is 13.1. The van der Waals surface area contributed by atoms with Crippen molar-refractivity contribution in [3.8, 4) is 0 Å². The first-order valence-electron chi connectivity index (χ1n) is 5.74. The van der Waals surface area contributed by atoms with Gasteiger partial charge in [0.2, 0.25) is 5.91 Å². The molecule has 0 unspecified atom stereocenters. The quantitative estimate of drug-likeness (QED) is 0.705. The Morgan fingerprint density at radius 3 is 2.79 bits per heavy atom. The standard InChI is InChI=1S/C12H13FN4O2/c1-7(18)14-4-5-15-12(19)11-9-6-8(13)2-3-10(9)16-17-11/h2-3,6H,4-5H2,1H3,(H,14,18)(H,15,19)(H,16,17). The van der Waals surface area contributed by atoms with E-state index in [1.807, 2.05) is 0 Å². The van der Waals surface area contributed by atoms with Gasteiger partial charge in [-0.3, -0.25) is 14.7 Å². The molecule has 0 bridgehead atoms. The van der Waals surface area contributed by atoms with Crippen LogP contribution in [0.25, 0.3) is 10.9 Å². The molecule has 100 valence electrons. The number of H-pyrrole nitrogens is 1. The molecule has 0 radical (unpaired) electrons. The van der Waals surface area contributed by atoms with Gasteiger partial charge in [0, 0.05) is 25.4 Å². The number of aromatic amines is 1. The van der Waals surface area contributed by atoms with Crippen LogP contribution in [0.2, 0.25) is 0 Å². The number of carbonyl (C=O) groups excluding carboxylic acids is 2. The van der Waals surface area contributed by atoms with E-state index < -0.39 is 11.7 Å². The highest BCUT2D eigenvalue weighted by atomic mass is 19.1. The molecule has 0 aliphatic heterocycles. The van der Waals surface area contributed by atoms with E-state index in [1.54, 1.807) is 0 Å². The van der Waals surface area contributed by atoms with Crippen molar-refractivity contribution in [3.63, 3.8) is 0 Å². The molecule has 0 aliphatic carbocycles. The van der Waals surface area contributed by atoms with Crippen LogP contribution >= 0.6 is 0 Å². The number of carbonyl (C=O) groups is 2. The summed E-state index contributed by atoms with van der Waals surface area (Å²) in [6.45, 7) is 2.01. The summed E-state index contributed by atoms with van der Waals surface area (Å²) in [5, 5.41) is 12.1. The van der Waals surface area contributed by atoms with Crippen LogP contribution in [-0.2, 0) is 4.79 Å². The van der Waals surface area contributed by atoms with Crippen LogP contribution in [0.15, 0.2) is 18.2 Å². The van der Waals surface area contributed by atoms with E-state index in [9.17, 15) is 14.0 Å². The van der Waals surface area contributed by atoms with E-state index in [1.165, 1.54) is 25.1 Å². The zero-order chi connectivity index (χ0) is 13.8. The van der Waals surface area contributed by atoms with Crippen LogP contribution in [0.3, 0.4) is 0 Å². The van der Waals surface area contributed by atoms with Gasteiger partial charge >= 0.3 is 0 Å². The lowest BCUT2D eigenvalue weighted by molar-refractivity contribution is -0.118. The van der Waals surface area contributed by atoms with Gasteiger partial charge in [-0.1, -0.05) is 0 Å². The summed E-state index contributed by atoms with van der Waals surface area (Å²) in [7, 11) is 0. The fourth-order valence-electron chi connectivity index (χ4n) is 1.66. The summed E-state index contributed by atoms with van der Waals surface area (Å²) in [4.78, 5) is 22.5. The lowest BCUT2D eigenvalue weighted by Gasteiger charge is -2.04. The molecule has 2 aromatic rings. The predicted molar refractivity (Wildman–Crippen MR) is 67.1 cm³/mol. The maximum absolute atomic E-state index is 13.1. The Balaban J connectivity index is 2.05. The molecule has 6 nitrogen and oxygen atoms in total. The van der Waals surface area contributed by atoms with Crippen LogP contribution in [0.4, 0.5) is 4.39 Å². The number of hydrogen-bond acceptors (Lipinski definition) is 3. The number of amides is 2. The molecule has 19 heavy (non-hydrogen) atoms. The topological polar surface area (TPSA) is 86.9 Å². The number of rotatable bonds is 4. The molecule has 0 aliphatic rings. The molecule has 1 heterocycles. The van der Waals surface area contributed by atoms with Crippen LogP contribution in [-0.4, -0.2) is 35.1 Å². The van der Waals surface area contributed by atoms with Crippen molar-refractivity contribution in [3.05, 3.63) is 29.7 Å². The Kier molecular flexibility index (Phi) is 3.74. The largest absolute Gasteiger partial charge is 0.355 e. The average Bonchev–Trinajstić information content (AvgIpc) is 2.77. The van der Waals surface area contributed by atoms with Gasteiger partial charge in [-0.05, 0) is 18.2 Å². The third-order valence-electron chi connectivity index (χ3n) is 2.52. The first-order chi connectivity index (χ1) is 9.08. The van der Waals surface area contributed by atoms with Gasteiger partial charge < -0.3 is 10.6 Å². The van der Waals surface area contributed by atoms with Crippen molar-refractivity contribution >= 4 is 22.7 Å². The number of nitrogens with zero attached hydrogens (tertiary/aromatic N) is 1. The Hall–Kier alpha value is -2.44. The molecule has 3 N–H and O–H groups in total.